The van der Waals surface area contributed by atoms with Crippen molar-refractivity contribution < 1.29 is 4.74 Å². The summed E-state index contributed by atoms with van der Waals surface area (Å²) in [5.74, 6) is 1.77. The summed E-state index contributed by atoms with van der Waals surface area (Å²) in [6.07, 6.45) is 3.65. The van der Waals surface area contributed by atoms with E-state index >= 15 is 0 Å². The van der Waals surface area contributed by atoms with Crippen molar-refractivity contribution in [3.8, 4) is 5.75 Å². The number of guanidine groups is 1. The van der Waals surface area contributed by atoms with E-state index in [-0.39, 0.29) is 24.0 Å². The first-order valence-electron chi connectivity index (χ1n) is 8.43. The normalized spacial score (nSPS) is 15.6. The zero-order chi connectivity index (χ0) is 16.7. The number of methoxy groups -OCH3 is 1. The van der Waals surface area contributed by atoms with E-state index in [1.807, 2.05) is 19.2 Å². The number of nitrogens with zero attached hydrogens (tertiary/aromatic N) is 2. The number of nitrogens with one attached hydrogen (secondary N) is 2. The van der Waals surface area contributed by atoms with Gasteiger partial charge in [-0.05, 0) is 50.9 Å². The van der Waals surface area contributed by atoms with E-state index in [4.69, 9.17) is 4.74 Å². The molecule has 1 fully saturated rings. The molecule has 2 rings (SSSR count). The van der Waals surface area contributed by atoms with Gasteiger partial charge in [-0.1, -0.05) is 12.1 Å². The molecule has 2 N–H and O–H groups in total. The van der Waals surface area contributed by atoms with Gasteiger partial charge in [-0.3, -0.25) is 9.89 Å². The lowest BCUT2D eigenvalue weighted by Gasteiger charge is -2.25. The van der Waals surface area contributed by atoms with Crippen LogP contribution in [0.5, 0.6) is 5.75 Å². The van der Waals surface area contributed by atoms with Crippen molar-refractivity contribution in [3.05, 3.63) is 29.8 Å². The maximum atomic E-state index is 5.18. The van der Waals surface area contributed by atoms with Crippen LogP contribution >= 0.6 is 24.0 Å². The Morgan fingerprint density at radius 2 is 1.96 bits per heavy atom. The number of benzene rings is 1. The first-order chi connectivity index (χ1) is 11.1. The number of likely N-dealkylation sites (N-methyl/N-ethyl adjacent to an activating group) is 1. The van der Waals surface area contributed by atoms with Gasteiger partial charge in [0.05, 0.1) is 7.11 Å². The molecule has 0 bridgehead atoms. The summed E-state index contributed by atoms with van der Waals surface area (Å²) in [7, 11) is 5.72. The number of rotatable bonds is 8. The zero-order valence-electron chi connectivity index (χ0n) is 15.2. The van der Waals surface area contributed by atoms with Gasteiger partial charge in [0.15, 0.2) is 5.96 Å². The van der Waals surface area contributed by atoms with Gasteiger partial charge in [0.2, 0.25) is 0 Å². The van der Waals surface area contributed by atoms with Crippen molar-refractivity contribution in [2.75, 3.05) is 34.3 Å². The van der Waals surface area contributed by atoms with Crippen LogP contribution in [-0.2, 0) is 6.42 Å². The molecule has 1 aromatic carbocycles. The van der Waals surface area contributed by atoms with Gasteiger partial charge < -0.3 is 15.4 Å². The summed E-state index contributed by atoms with van der Waals surface area (Å²) >= 11 is 0. The molecule has 0 heterocycles. The number of halogens is 1. The Bertz CT molecular complexity index is 502. The van der Waals surface area contributed by atoms with Crippen molar-refractivity contribution in [1.82, 2.24) is 15.5 Å². The highest BCUT2D eigenvalue weighted by Crippen LogP contribution is 2.26. The Hall–Kier alpha value is -1.02. The van der Waals surface area contributed by atoms with Crippen molar-refractivity contribution in [2.45, 2.75) is 38.3 Å². The molecule has 6 heteroatoms. The summed E-state index contributed by atoms with van der Waals surface area (Å²) in [6.45, 7) is 4.03. The summed E-state index contributed by atoms with van der Waals surface area (Å²) in [5, 5.41) is 6.79. The third-order valence-electron chi connectivity index (χ3n) is 4.47. The first kappa shape index (κ1) is 21.0. The van der Waals surface area contributed by atoms with Crippen LogP contribution in [0, 0.1) is 0 Å². The number of hydrogen-bond acceptors (Lipinski definition) is 3. The highest BCUT2D eigenvalue weighted by molar-refractivity contribution is 14.0. The SMILES string of the molecule is CN=C(NCCc1ccc(OC)cc1)NCC(C)N(C)C1CC1.I. The van der Waals surface area contributed by atoms with Gasteiger partial charge in [-0.15, -0.1) is 24.0 Å². The molecule has 0 aliphatic heterocycles. The molecule has 1 unspecified atom stereocenters. The van der Waals surface area contributed by atoms with Gasteiger partial charge in [0.1, 0.15) is 5.75 Å². The lowest BCUT2D eigenvalue weighted by Crippen LogP contribution is -2.45. The standard InChI is InChI=1S/C18H30N4O.HI/c1-14(22(3)16-7-8-16)13-21-18(19-2)20-12-11-15-5-9-17(23-4)10-6-15;/h5-6,9-10,14,16H,7-8,11-13H2,1-4H3,(H2,19,20,21);1H. The molecular formula is C18H31IN4O. The Morgan fingerprint density at radius 3 is 2.50 bits per heavy atom. The van der Waals surface area contributed by atoms with Crippen LogP contribution in [0.3, 0.4) is 0 Å². The Balaban J connectivity index is 0.00000288. The first-order valence-corrected chi connectivity index (χ1v) is 8.43. The van der Waals surface area contributed by atoms with Gasteiger partial charge >= 0.3 is 0 Å². The highest BCUT2D eigenvalue weighted by atomic mass is 127. The molecule has 0 radical (unpaired) electrons. The van der Waals surface area contributed by atoms with E-state index < -0.39 is 0 Å². The van der Waals surface area contributed by atoms with Crippen LogP contribution in [0.2, 0.25) is 0 Å². The van der Waals surface area contributed by atoms with Gasteiger partial charge in [-0.25, -0.2) is 0 Å². The molecule has 0 amide bonds. The number of aliphatic imine (C=N–C) groups is 1. The van der Waals surface area contributed by atoms with Crippen molar-refractivity contribution in [2.24, 2.45) is 4.99 Å². The minimum atomic E-state index is 0. The molecule has 0 aromatic heterocycles. The van der Waals surface area contributed by atoms with Crippen LogP contribution in [-0.4, -0.2) is 57.2 Å². The third-order valence-corrected chi connectivity index (χ3v) is 4.47. The maximum absolute atomic E-state index is 5.18. The quantitative estimate of drug-likeness (QED) is 0.366. The summed E-state index contributed by atoms with van der Waals surface area (Å²) in [5.41, 5.74) is 1.29. The Morgan fingerprint density at radius 1 is 1.29 bits per heavy atom. The fraction of sp³-hybridized carbons (Fsp3) is 0.611. The Labute approximate surface area is 163 Å². The van der Waals surface area contributed by atoms with E-state index in [1.165, 1.54) is 18.4 Å². The van der Waals surface area contributed by atoms with E-state index in [1.54, 1.807) is 7.11 Å². The molecule has 0 spiro atoms. The number of hydrogen-bond donors (Lipinski definition) is 2. The van der Waals surface area contributed by atoms with Crippen LogP contribution in [0.4, 0.5) is 0 Å². The fourth-order valence-corrected chi connectivity index (χ4v) is 2.57. The van der Waals surface area contributed by atoms with Gasteiger partial charge in [0, 0.05) is 32.2 Å². The predicted molar refractivity (Wildman–Crippen MR) is 112 cm³/mol. The average Bonchev–Trinajstić information content (AvgIpc) is 3.42. The molecule has 24 heavy (non-hydrogen) atoms. The molecule has 0 saturated heterocycles. The fourth-order valence-electron chi connectivity index (χ4n) is 2.57. The minimum absolute atomic E-state index is 0. The largest absolute Gasteiger partial charge is 0.497 e. The van der Waals surface area contributed by atoms with Crippen LogP contribution < -0.4 is 15.4 Å². The summed E-state index contributed by atoms with van der Waals surface area (Å²) in [6, 6.07) is 9.50. The van der Waals surface area contributed by atoms with E-state index in [0.717, 1.165) is 37.3 Å². The smallest absolute Gasteiger partial charge is 0.191 e. The molecule has 1 aliphatic rings. The second kappa shape index (κ2) is 10.8. The maximum Gasteiger partial charge on any atom is 0.191 e. The van der Waals surface area contributed by atoms with Crippen LogP contribution in [0.25, 0.3) is 0 Å². The minimum Gasteiger partial charge on any atom is -0.497 e. The van der Waals surface area contributed by atoms with Crippen molar-refractivity contribution >= 4 is 29.9 Å². The lowest BCUT2D eigenvalue weighted by molar-refractivity contribution is 0.247. The molecular weight excluding hydrogens is 415 g/mol. The molecule has 136 valence electrons. The number of ether oxygens (including phenoxy) is 1. The van der Waals surface area contributed by atoms with Gasteiger partial charge in [0.25, 0.3) is 0 Å². The highest BCUT2D eigenvalue weighted by Gasteiger charge is 2.28. The van der Waals surface area contributed by atoms with Crippen molar-refractivity contribution in [3.63, 3.8) is 0 Å². The monoisotopic (exact) mass is 446 g/mol. The molecule has 1 aromatic rings. The van der Waals surface area contributed by atoms with Crippen LogP contribution in [0.1, 0.15) is 25.3 Å². The topological polar surface area (TPSA) is 48.9 Å². The van der Waals surface area contributed by atoms with Crippen LogP contribution in [0.15, 0.2) is 29.3 Å². The van der Waals surface area contributed by atoms with E-state index in [9.17, 15) is 0 Å². The Kier molecular flexibility index (Phi) is 9.43. The van der Waals surface area contributed by atoms with E-state index in [0.29, 0.717) is 6.04 Å². The van der Waals surface area contributed by atoms with Crippen molar-refractivity contribution in [1.29, 1.82) is 0 Å². The summed E-state index contributed by atoms with van der Waals surface area (Å²) in [4.78, 5) is 6.75. The molecule has 1 saturated carbocycles. The predicted octanol–water partition coefficient (Wildman–Crippen LogP) is 2.50. The van der Waals surface area contributed by atoms with E-state index in [2.05, 4.69) is 46.6 Å². The zero-order valence-corrected chi connectivity index (χ0v) is 17.5. The molecule has 1 aliphatic carbocycles. The second-order valence-corrected chi connectivity index (χ2v) is 6.22. The van der Waals surface area contributed by atoms with Gasteiger partial charge in [-0.2, -0.15) is 0 Å². The summed E-state index contributed by atoms with van der Waals surface area (Å²) < 4.78 is 5.18. The second-order valence-electron chi connectivity index (χ2n) is 6.22. The third kappa shape index (κ3) is 6.84. The molecule has 5 nitrogen and oxygen atoms in total. The molecule has 1 atom stereocenters. The average molecular weight is 446 g/mol. The lowest BCUT2D eigenvalue weighted by atomic mass is 10.1.